The minimum atomic E-state index is -2.86. The summed E-state index contributed by atoms with van der Waals surface area (Å²) in [4.78, 5) is 2.45. The number of nitrogens with zero attached hydrogens (tertiary/aromatic N) is 1. The van der Waals surface area contributed by atoms with E-state index in [2.05, 4.69) is 34.5 Å². The summed E-state index contributed by atoms with van der Waals surface area (Å²) in [6, 6.07) is 10.9. The second-order valence-corrected chi connectivity index (χ2v) is 8.22. The van der Waals surface area contributed by atoms with E-state index in [4.69, 9.17) is 0 Å². The van der Waals surface area contributed by atoms with Crippen LogP contribution in [-0.2, 0) is 16.4 Å². The molecule has 0 spiro atoms. The molecule has 0 aliphatic carbocycles. The molecule has 1 atom stereocenters. The van der Waals surface area contributed by atoms with Gasteiger partial charge in [-0.15, -0.1) is 0 Å². The number of piperidine rings is 1. The van der Waals surface area contributed by atoms with Crippen LogP contribution in [0.4, 0.5) is 0 Å². The molecular weight excluding hydrogens is 284 g/mol. The van der Waals surface area contributed by atoms with Gasteiger partial charge in [-0.1, -0.05) is 37.3 Å². The third kappa shape index (κ3) is 5.77. The lowest BCUT2D eigenvalue weighted by atomic mass is 10.0. The van der Waals surface area contributed by atoms with Crippen LogP contribution >= 0.6 is 0 Å². The smallest absolute Gasteiger partial charge is 0.151 e. The van der Waals surface area contributed by atoms with Gasteiger partial charge in [0.25, 0.3) is 0 Å². The van der Waals surface area contributed by atoms with Crippen LogP contribution in [0.25, 0.3) is 0 Å². The van der Waals surface area contributed by atoms with Crippen LogP contribution in [-0.4, -0.2) is 50.5 Å². The van der Waals surface area contributed by atoms with Gasteiger partial charge in [0.2, 0.25) is 0 Å². The van der Waals surface area contributed by atoms with Crippen LogP contribution < -0.4 is 5.32 Å². The highest BCUT2D eigenvalue weighted by Gasteiger charge is 2.19. The quantitative estimate of drug-likeness (QED) is 0.832. The maximum atomic E-state index is 11.5. The Kier molecular flexibility index (Phi) is 6.21. The van der Waals surface area contributed by atoms with E-state index in [1.54, 1.807) is 6.92 Å². The number of sulfone groups is 1. The highest BCUT2D eigenvalue weighted by atomic mass is 32.2. The predicted molar refractivity (Wildman–Crippen MR) is 87.1 cm³/mol. The van der Waals surface area contributed by atoms with Crippen molar-refractivity contribution in [3.63, 3.8) is 0 Å². The van der Waals surface area contributed by atoms with Gasteiger partial charge >= 0.3 is 0 Å². The Morgan fingerprint density at radius 1 is 1.29 bits per heavy atom. The number of hydrogen-bond acceptors (Lipinski definition) is 4. The van der Waals surface area contributed by atoms with Gasteiger partial charge in [0, 0.05) is 31.4 Å². The molecule has 0 aromatic heterocycles. The summed E-state index contributed by atoms with van der Waals surface area (Å²) in [5, 5.41) is 3.41. The molecule has 1 aromatic rings. The highest BCUT2D eigenvalue weighted by molar-refractivity contribution is 7.91. The molecular formula is C16H26N2O2S. The summed E-state index contributed by atoms with van der Waals surface area (Å²) in [6.07, 6.45) is 2.31. The minimum Gasteiger partial charge on any atom is -0.312 e. The average molecular weight is 310 g/mol. The van der Waals surface area contributed by atoms with E-state index in [9.17, 15) is 8.42 Å². The molecule has 118 valence electrons. The molecule has 4 nitrogen and oxygen atoms in total. The second-order valence-electron chi connectivity index (χ2n) is 5.75. The Balaban J connectivity index is 1.76. The first-order valence-electron chi connectivity index (χ1n) is 7.79. The molecule has 0 saturated carbocycles. The summed E-state index contributed by atoms with van der Waals surface area (Å²) < 4.78 is 23.0. The lowest BCUT2D eigenvalue weighted by Crippen LogP contribution is -2.46. The fraction of sp³-hybridized carbons (Fsp3) is 0.625. The van der Waals surface area contributed by atoms with Crippen molar-refractivity contribution in [2.24, 2.45) is 0 Å². The predicted octanol–water partition coefficient (Wildman–Crippen LogP) is 1.68. The summed E-state index contributed by atoms with van der Waals surface area (Å²) in [7, 11) is -2.86. The zero-order chi connectivity index (χ0) is 15.1. The van der Waals surface area contributed by atoms with E-state index in [-0.39, 0.29) is 11.5 Å². The van der Waals surface area contributed by atoms with E-state index in [1.807, 2.05) is 6.07 Å². The molecule has 0 radical (unpaired) electrons. The average Bonchev–Trinajstić information content (AvgIpc) is 2.48. The van der Waals surface area contributed by atoms with Gasteiger partial charge in [-0.05, 0) is 24.9 Å². The number of nitrogens with one attached hydrogen (secondary N) is 1. The molecule has 1 fully saturated rings. The third-order valence-electron chi connectivity index (χ3n) is 4.04. The van der Waals surface area contributed by atoms with Gasteiger partial charge in [0.15, 0.2) is 9.84 Å². The Labute approximate surface area is 128 Å². The molecule has 1 heterocycles. The van der Waals surface area contributed by atoms with Gasteiger partial charge in [-0.25, -0.2) is 8.42 Å². The van der Waals surface area contributed by atoms with Crippen molar-refractivity contribution in [1.82, 2.24) is 10.2 Å². The van der Waals surface area contributed by atoms with Gasteiger partial charge in [0.1, 0.15) is 0 Å². The Morgan fingerprint density at radius 2 is 2.05 bits per heavy atom. The summed E-state index contributed by atoms with van der Waals surface area (Å²) in [5.41, 5.74) is 1.34. The number of benzene rings is 1. The largest absolute Gasteiger partial charge is 0.312 e. The fourth-order valence-electron chi connectivity index (χ4n) is 2.77. The van der Waals surface area contributed by atoms with Crippen molar-refractivity contribution in [2.45, 2.75) is 32.4 Å². The molecule has 0 amide bonds. The van der Waals surface area contributed by atoms with E-state index in [1.165, 1.54) is 12.0 Å². The van der Waals surface area contributed by atoms with Gasteiger partial charge in [-0.2, -0.15) is 0 Å². The molecule has 2 rings (SSSR count). The Morgan fingerprint density at radius 3 is 2.76 bits per heavy atom. The van der Waals surface area contributed by atoms with E-state index in [0.29, 0.717) is 12.6 Å². The lowest BCUT2D eigenvalue weighted by Gasteiger charge is -2.33. The van der Waals surface area contributed by atoms with Crippen LogP contribution in [0.3, 0.4) is 0 Å². The maximum absolute atomic E-state index is 11.5. The molecule has 5 heteroatoms. The van der Waals surface area contributed by atoms with Gasteiger partial charge in [0.05, 0.1) is 5.75 Å². The minimum absolute atomic E-state index is 0.236. The molecule has 21 heavy (non-hydrogen) atoms. The lowest BCUT2D eigenvalue weighted by molar-refractivity contribution is 0.185. The molecule has 1 N–H and O–H groups in total. The van der Waals surface area contributed by atoms with Crippen molar-refractivity contribution in [3.8, 4) is 0 Å². The van der Waals surface area contributed by atoms with E-state index < -0.39 is 9.84 Å². The van der Waals surface area contributed by atoms with Crippen molar-refractivity contribution >= 4 is 9.84 Å². The first kappa shape index (κ1) is 16.5. The fourth-order valence-corrected chi connectivity index (χ4v) is 3.49. The first-order chi connectivity index (χ1) is 10.1. The zero-order valence-electron chi connectivity index (χ0n) is 12.8. The van der Waals surface area contributed by atoms with Gasteiger partial charge < -0.3 is 5.32 Å². The van der Waals surface area contributed by atoms with Crippen LogP contribution in [0.5, 0.6) is 0 Å². The number of hydrogen-bond donors (Lipinski definition) is 1. The molecule has 1 aromatic carbocycles. The summed E-state index contributed by atoms with van der Waals surface area (Å²) in [6.45, 7) is 5.38. The SMILES string of the molecule is CCS(=O)(=O)CCNC1CCCN(Cc2ccccc2)C1. The number of rotatable bonds is 7. The maximum Gasteiger partial charge on any atom is 0.151 e. The van der Waals surface area contributed by atoms with E-state index in [0.717, 1.165) is 26.1 Å². The molecule has 1 aliphatic rings. The molecule has 0 bridgehead atoms. The van der Waals surface area contributed by atoms with Crippen LogP contribution in [0.2, 0.25) is 0 Å². The van der Waals surface area contributed by atoms with Crippen molar-refractivity contribution in [2.75, 3.05) is 31.1 Å². The van der Waals surface area contributed by atoms with Crippen molar-refractivity contribution in [3.05, 3.63) is 35.9 Å². The summed E-state index contributed by atoms with van der Waals surface area (Å²) >= 11 is 0. The Hall–Kier alpha value is -0.910. The topological polar surface area (TPSA) is 49.4 Å². The monoisotopic (exact) mass is 310 g/mol. The molecule has 1 unspecified atom stereocenters. The molecule has 1 saturated heterocycles. The zero-order valence-corrected chi connectivity index (χ0v) is 13.6. The van der Waals surface area contributed by atoms with Crippen molar-refractivity contribution in [1.29, 1.82) is 0 Å². The van der Waals surface area contributed by atoms with Crippen molar-refractivity contribution < 1.29 is 8.42 Å². The Bertz CT molecular complexity index is 516. The van der Waals surface area contributed by atoms with Crippen LogP contribution in [0.1, 0.15) is 25.3 Å². The standard InChI is InChI=1S/C16H26N2O2S/c1-2-21(19,20)12-10-17-16-9-6-11-18(14-16)13-15-7-4-3-5-8-15/h3-5,7-8,16-17H,2,6,9-14H2,1H3. The number of likely N-dealkylation sites (tertiary alicyclic amines) is 1. The third-order valence-corrected chi connectivity index (χ3v) is 5.75. The second kappa shape index (κ2) is 7.92. The van der Waals surface area contributed by atoms with Gasteiger partial charge in [-0.3, -0.25) is 4.90 Å². The van der Waals surface area contributed by atoms with Crippen LogP contribution in [0, 0.1) is 0 Å². The summed E-state index contributed by atoms with van der Waals surface area (Å²) in [5.74, 6) is 0.484. The highest BCUT2D eigenvalue weighted by Crippen LogP contribution is 2.13. The molecule has 1 aliphatic heterocycles. The van der Waals surface area contributed by atoms with Crippen LogP contribution in [0.15, 0.2) is 30.3 Å². The first-order valence-corrected chi connectivity index (χ1v) is 9.61. The normalized spacial score (nSPS) is 20.5. The van der Waals surface area contributed by atoms with E-state index >= 15 is 0 Å².